The normalized spacial score (nSPS) is 30.1. The zero-order valence-corrected chi connectivity index (χ0v) is 11.1. The van der Waals surface area contributed by atoms with E-state index in [-0.39, 0.29) is 18.3 Å². The first kappa shape index (κ1) is 13.8. The molecule has 2 rings (SSSR count). The van der Waals surface area contributed by atoms with Crippen molar-refractivity contribution in [1.82, 2.24) is 10.2 Å². The maximum absolute atomic E-state index is 12.2. The number of halogens is 1. The summed E-state index contributed by atoms with van der Waals surface area (Å²) in [6.45, 7) is 3.20. The number of piperidine rings is 1. The molecule has 2 fully saturated rings. The number of nitrogens with zero attached hydrogens (tertiary/aromatic N) is 1. The minimum atomic E-state index is 0. The van der Waals surface area contributed by atoms with Gasteiger partial charge >= 0.3 is 0 Å². The summed E-state index contributed by atoms with van der Waals surface area (Å²) in [5.74, 6) is 0.573. The van der Waals surface area contributed by atoms with Gasteiger partial charge < -0.3 is 10.2 Å². The van der Waals surface area contributed by atoms with Crippen LogP contribution in [0.1, 0.15) is 39.0 Å². The molecule has 0 aromatic heterocycles. The van der Waals surface area contributed by atoms with Crippen LogP contribution in [0.15, 0.2) is 0 Å². The maximum Gasteiger partial charge on any atom is 0.227 e. The van der Waals surface area contributed by atoms with Gasteiger partial charge in [-0.1, -0.05) is 0 Å². The molecule has 4 heteroatoms. The Balaban J connectivity index is 0.00000128. The largest absolute Gasteiger partial charge is 0.342 e. The Hall–Kier alpha value is -0.280. The molecule has 0 aromatic carbocycles. The van der Waals surface area contributed by atoms with Crippen LogP contribution >= 0.6 is 12.4 Å². The molecule has 1 saturated carbocycles. The quantitative estimate of drug-likeness (QED) is 0.806. The summed E-state index contributed by atoms with van der Waals surface area (Å²) in [6, 6.07) is 0.889. The Morgan fingerprint density at radius 2 is 1.94 bits per heavy atom. The maximum atomic E-state index is 12.2. The van der Waals surface area contributed by atoms with Gasteiger partial charge in [0.2, 0.25) is 5.91 Å². The molecule has 2 atom stereocenters. The number of hydrogen-bond acceptors (Lipinski definition) is 2. The van der Waals surface area contributed by atoms with E-state index >= 15 is 0 Å². The monoisotopic (exact) mass is 246 g/mol. The number of carbonyl (C=O) groups excluding carboxylic acids is 1. The molecule has 1 amide bonds. The van der Waals surface area contributed by atoms with E-state index < -0.39 is 0 Å². The van der Waals surface area contributed by atoms with Gasteiger partial charge in [-0.2, -0.15) is 0 Å². The van der Waals surface area contributed by atoms with Gasteiger partial charge in [0.25, 0.3) is 0 Å². The van der Waals surface area contributed by atoms with Crippen molar-refractivity contribution in [3.8, 4) is 0 Å². The molecule has 1 heterocycles. The highest BCUT2D eigenvalue weighted by molar-refractivity contribution is 5.85. The smallest absolute Gasteiger partial charge is 0.227 e. The van der Waals surface area contributed by atoms with E-state index in [1.807, 2.05) is 11.9 Å². The molecule has 16 heavy (non-hydrogen) atoms. The lowest BCUT2D eigenvalue weighted by Gasteiger charge is -2.39. The Morgan fingerprint density at radius 1 is 1.25 bits per heavy atom. The topological polar surface area (TPSA) is 32.3 Å². The first-order chi connectivity index (χ1) is 7.20. The molecule has 0 aromatic rings. The first-order valence-electron chi connectivity index (χ1n) is 6.20. The Labute approximate surface area is 104 Å². The molecule has 0 bridgehead atoms. The van der Waals surface area contributed by atoms with Gasteiger partial charge in [0.1, 0.15) is 0 Å². The van der Waals surface area contributed by atoms with Crippen molar-refractivity contribution in [3.63, 3.8) is 0 Å². The zero-order valence-electron chi connectivity index (χ0n) is 10.2. The highest BCUT2D eigenvalue weighted by atomic mass is 35.5. The van der Waals surface area contributed by atoms with Crippen LogP contribution in [0.3, 0.4) is 0 Å². The van der Waals surface area contributed by atoms with Crippen molar-refractivity contribution in [2.24, 2.45) is 5.92 Å². The standard InChI is InChI=1S/C12H22N2O.ClH/c1-9-11(7-4-8-13-9)12(15)14(2)10-5-3-6-10;/h9-11,13H,3-8H2,1-2H3;1H/t9-,11-;/m1./s1. The van der Waals surface area contributed by atoms with Crippen molar-refractivity contribution in [3.05, 3.63) is 0 Å². The molecule has 1 saturated heterocycles. The van der Waals surface area contributed by atoms with E-state index in [0.717, 1.165) is 19.4 Å². The van der Waals surface area contributed by atoms with Crippen LogP contribution in [-0.4, -0.2) is 36.5 Å². The third-order valence-corrected chi connectivity index (χ3v) is 4.05. The first-order valence-corrected chi connectivity index (χ1v) is 6.20. The number of carbonyl (C=O) groups is 1. The SMILES string of the molecule is C[C@H]1NCCC[C@H]1C(=O)N(C)C1CCC1.Cl. The van der Waals surface area contributed by atoms with Gasteiger partial charge in [-0.25, -0.2) is 0 Å². The van der Waals surface area contributed by atoms with Gasteiger partial charge in [0.05, 0.1) is 5.92 Å². The molecule has 0 spiro atoms. The fourth-order valence-electron chi connectivity index (χ4n) is 2.60. The molecular weight excluding hydrogens is 224 g/mol. The predicted molar refractivity (Wildman–Crippen MR) is 67.8 cm³/mol. The molecule has 3 nitrogen and oxygen atoms in total. The molecule has 94 valence electrons. The highest BCUT2D eigenvalue weighted by Crippen LogP contribution is 2.27. The van der Waals surface area contributed by atoms with Crippen LogP contribution in [0.25, 0.3) is 0 Å². The molecule has 0 unspecified atom stereocenters. The molecule has 1 aliphatic carbocycles. The summed E-state index contributed by atoms with van der Waals surface area (Å²) in [7, 11) is 1.98. The average Bonchev–Trinajstić information content (AvgIpc) is 2.15. The fourth-order valence-corrected chi connectivity index (χ4v) is 2.60. The van der Waals surface area contributed by atoms with Crippen LogP contribution in [0, 0.1) is 5.92 Å². The van der Waals surface area contributed by atoms with Crippen molar-refractivity contribution in [1.29, 1.82) is 0 Å². The predicted octanol–water partition coefficient (Wildman–Crippen LogP) is 1.81. The summed E-state index contributed by atoms with van der Waals surface area (Å²) in [5.41, 5.74) is 0. The van der Waals surface area contributed by atoms with Gasteiger partial charge in [-0.15, -0.1) is 12.4 Å². The van der Waals surface area contributed by atoms with Crippen LogP contribution in [0.4, 0.5) is 0 Å². The second-order valence-electron chi connectivity index (χ2n) is 5.03. The molecule has 1 aliphatic heterocycles. The number of rotatable bonds is 2. The van der Waals surface area contributed by atoms with E-state index in [0.29, 0.717) is 18.0 Å². The van der Waals surface area contributed by atoms with E-state index in [4.69, 9.17) is 0 Å². The van der Waals surface area contributed by atoms with Crippen LogP contribution in [0.5, 0.6) is 0 Å². The lowest BCUT2D eigenvalue weighted by Crippen LogP contribution is -2.51. The van der Waals surface area contributed by atoms with Crippen LogP contribution in [0.2, 0.25) is 0 Å². The summed E-state index contributed by atoms with van der Waals surface area (Å²) in [5, 5.41) is 3.40. The van der Waals surface area contributed by atoms with Gasteiger partial charge in [0, 0.05) is 19.1 Å². The zero-order chi connectivity index (χ0) is 10.8. The lowest BCUT2D eigenvalue weighted by molar-refractivity contribution is -0.139. The second kappa shape index (κ2) is 5.87. The second-order valence-corrected chi connectivity index (χ2v) is 5.03. The minimum Gasteiger partial charge on any atom is -0.342 e. The fraction of sp³-hybridized carbons (Fsp3) is 0.917. The molecule has 1 N–H and O–H groups in total. The number of hydrogen-bond donors (Lipinski definition) is 1. The van der Waals surface area contributed by atoms with Gasteiger partial charge in [-0.05, 0) is 45.6 Å². The summed E-state index contributed by atoms with van der Waals surface area (Å²) >= 11 is 0. The van der Waals surface area contributed by atoms with Crippen molar-refractivity contribution in [2.75, 3.05) is 13.6 Å². The lowest BCUT2D eigenvalue weighted by atomic mass is 9.87. The van der Waals surface area contributed by atoms with Crippen LogP contribution in [-0.2, 0) is 4.79 Å². The Morgan fingerprint density at radius 3 is 2.44 bits per heavy atom. The average molecular weight is 247 g/mol. The molecule has 0 radical (unpaired) electrons. The minimum absolute atomic E-state index is 0. The van der Waals surface area contributed by atoms with Crippen LogP contribution < -0.4 is 5.32 Å². The summed E-state index contributed by atoms with van der Waals surface area (Å²) < 4.78 is 0. The number of amides is 1. The Kier molecular flexibility index (Phi) is 5.06. The van der Waals surface area contributed by atoms with E-state index in [1.165, 1.54) is 19.3 Å². The van der Waals surface area contributed by atoms with Gasteiger partial charge in [-0.3, -0.25) is 4.79 Å². The Bertz CT molecular complexity index is 243. The molecule has 2 aliphatic rings. The summed E-state index contributed by atoms with van der Waals surface area (Å²) in [4.78, 5) is 14.2. The number of nitrogens with one attached hydrogen (secondary N) is 1. The van der Waals surface area contributed by atoms with E-state index in [9.17, 15) is 4.79 Å². The third-order valence-electron chi connectivity index (χ3n) is 4.05. The van der Waals surface area contributed by atoms with E-state index in [1.54, 1.807) is 0 Å². The van der Waals surface area contributed by atoms with E-state index in [2.05, 4.69) is 12.2 Å². The third kappa shape index (κ3) is 2.69. The van der Waals surface area contributed by atoms with Crippen molar-refractivity contribution >= 4 is 18.3 Å². The summed E-state index contributed by atoms with van der Waals surface area (Å²) in [6.07, 6.45) is 5.90. The van der Waals surface area contributed by atoms with Crippen molar-refractivity contribution in [2.45, 2.75) is 51.1 Å². The highest BCUT2D eigenvalue weighted by Gasteiger charge is 2.33. The van der Waals surface area contributed by atoms with Crippen molar-refractivity contribution < 1.29 is 4.79 Å². The molecular formula is C12H23ClN2O. The van der Waals surface area contributed by atoms with Gasteiger partial charge in [0.15, 0.2) is 0 Å².